The van der Waals surface area contributed by atoms with Gasteiger partial charge in [-0.1, -0.05) is 28.9 Å². The molecule has 0 bridgehead atoms. The zero-order valence-corrected chi connectivity index (χ0v) is 16.9. The van der Waals surface area contributed by atoms with Gasteiger partial charge in [0, 0.05) is 43.7 Å². The lowest BCUT2D eigenvalue weighted by Crippen LogP contribution is -2.40. The Kier molecular flexibility index (Phi) is 5.76. The minimum atomic E-state index is -0.00173. The number of anilines is 1. The maximum atomic E-state index is 12.6. The molecule has 7 nitrogen and oxygen atoms in total. The van der Waals surface area contributed by atoms with Gasteiger partial charge in [0.15, 0.2) is 0 Å². The fraction of sp³-hybridized carbons (Fsp3) is 0.333. The molecule has 150 valence electrons. The Morgan fingerprint density at radius 2 is 2.00 bits per heavy atom. The monoisotopic (exact) mass is 411 g/mol. The molecular formula is C21H22ClN5O2. The molecule has 29 heavy (non-hydrogen) atoms. The van der Waals surface area contributed by atoms with Gasteiger partial charge in [-0.15, -0.1) is 0 Å². The predicted octanol–water partition coefficient (Wildman–Crippen LogP) is 3.63. The molecule has 1 aromatic carbocycles. The second-order valence-electron chi connectivity index (χ2n) is 7.12. The standard InChI is InChI=1S/C21H22ClN5O2/c1-14-25-19(26-29-14)18-3-2-10-23-20(18)27-11-8-16(9-12-27)21(28)24-13-15-4-6-17(22)7-5-15/h2-7,10,16H,8-9,11-13H2,1H3,(H,24,28). The normalized spacial score (nSPS) is 14.8. The molecule has 0 aliphatic carbocycles. The second-order valence-corrected chi connectivity index (χ2v) is 7.55. The van der Waals surface area contributed by atoms with Crippen LogP contribution in [0.5, 0.6) is 0 Å². The van der Waals surface area contributed by atoms with Crippen molar-refractivity contribution in [3.63, 3.8) is 0 Å². The highest BCUT2D eigenvalue weighted by Crippen LogP contribution is 2.30. The molecule has 1 aliphatic rings. The number of halogens is 1. The average molecular weight is 412 g/mol. The van der Waals surface area contributed by atoms with Crippen molar-refractivity contribution >= 4 is 23.3 Å². The van der Waals surface area contributed by atoms with Crippen LogP contribution in [0.3, 0.4) is 0 Å². The van der Waals surface area contributed by atoms with Crippen LogP contribution in [0.25, 0.3) is 11.4 Å². The van der Waals surface area contributed by atoms with E-state index in [1.165, 1.54) is 0 Å². The molecule has 1 saturated heterocycles. The van der Waals surface area contributed by atoms with E-state index in [0.717, 1.165) is 42.9 Å². The van der Waals surface area contributed by atoms with Gasteiger partial charge in [0.25, 0.3) is 0 Å². The van der Waals surface area contributed by atoms with Crippen LogP contribution < -0.4 is 10.2 Å². The third-order valence-electron chi connectivity index (χ3n) is 5.10. The number of piperidine rings is 1. The quantitative estimate of drug-likeness (QED) is 0.690. The molecule has 1 aliphatic heterocycles. The summed E-state index contributed by atoms with van der Waals surface area (Å²) in [6.45, 7) is 3.78. The maximum absolute atomic E-state index is 12.6. The van der Waals surface area contributed by atoms with Crippen molar-refractivity contribution in [3.05, 3.63) is 59.1 Å². The van der Waals surface area contributed by atoms with E-state index in [-0.39, 0.29) is 11.8 Å². The van der Waals surface area contributed by atoms with Gasteiger partial charge < -0.3 is 14.7 Å². The molecule has 4 rings (SSSR count). The summed E-state index contributed by atoms with van der Waals surface area (Å²) in [5.74, 6) is 1.97. The van der Waals surface area contributed by atoms with E-state index >= 15 is 0 Å². The number of aryl methyl sites for hydroxylation is 1. The molecule has 0 unspecified atom stereocenters. The highest BCUT2D eigenvalue weighted by atomic mass is 35.5. The van der Waals surface area contributed by atoms with E-state index in [1.807, 2.05) is 36.4 Å². The van der Waals surface area contributed by atoms with Gasteiger partial charge in [0.05, 0.1) is 5.56 Å². The number of amides is 1. The van der Waals surface area contributed by atoms with Gasteiger partial charge >= 0.3 is 0 Å². The van der Waals surface area contributed by atoms with E-state index in [0.29, 0.717) is 23.3 Å². The number of hydrogen-bond acceptors (Lipinski definition) is 6. The molecule has 0 spiro atoms. The van der Waals surface area contributed by atoms with Gasteiger partial charge in [-0.25, -0.2) is 4.98 Å². The van der Waals surface area contributed by atoms with Crippen LogP contribution in [0.15, 0.2) is 47.1 Å². The van der Waals surface area contributed by atoms with Crippen molar-refractivity contribution in [2.75, 3.05) is 18.0 Å². The number of rotatable bonds is 5. The first-order chi connectivity index (χ1) is 14.1. The van der Waals surface area contributed by atoms with Crippen molar-refractivity contribution in [2.45, 2.75) is 26.3 Å². The van der Waals surface area contributed by atoms with E-state index in [2.05, 4.69) is 25.3 Å². The molecule has 3 aromatic rings. The molecule has 1 amide bonds. The fourth-order valence-electron chi connectivity index (χ4n) is 3.52. The Morgan fingerprint density at radius 3 is 2.69 bits per heavy atom. The second kappa shape index (κ2) is 8.61. The molecule has 1 fully saturated rings. The first-order valence-corrected chi connectivity index (χ1v) is 10.0. The fourth-order valence-corrected chi connectivity index (χ4v) is 3.65. The van der Waals surface area contributed by atoms with Crippen LogP contribution in [0.2, 0.25) is 5.02 Å². The largest absolute Gasteiger partial charge is 0.356 e. The zero-order chi connectivity index (χ0) is 20.2. The number of carbonyl (C=O) groups excluding carboxylic acids is 1. The molecule has 0 radical (unpaired) electrons. The lowest BCUT2D eigenvalue weighted by Gasteiger charge is -2.32. The van der Waals surface area contributed by atoms with Crippen molar-refractivity contribution in [2.24, 2.45) is 5.92 Å². The Hall–Kier alpha value is -2.93. The van der Waals surface area contributed by atoms with Crippen LogP contribution in [0.4, 0.5) is 5.82 Å². The molecule has 3 heterocycles. The third kappa shape index (κ3) is 4.56. The van der Waals surface area contributed by atoms with E-state index in [4.69, 9.17) is 16.1 Å². The summed E-state index contributed by atoms with van der Waals surface area (Å²) < 4.78 is 5.11. The Morgan fingerprint density at radius 1 is 1.24 bits per heavy atom. The number of hydrogen-bond donors (Lipinski definition) is 1. The minimum absolute atomic E-state index is 0.00173. The molecule has 1 N–H and O–H groups in total. The van der Waals surface area contributed by atoms with Gasteiger partial charge in [-0.05, 0) is 42.7 Å². The summed E-state index contributed by atoms with van der Waals surface area (Å²) in [5, 5.41) is 7.74. The first kappa shape index (κ1) is 19.4. The summed E-state index contributed by atoms with van der Waals surface area (Å²) in [4.78, 5) is 23.6. The van der Waals surface area contributed by atoms with Gasteiger partial charge in [-0.3, -0.25) is 4.79 Å². The summed E-state index contributed by atoms with van der Waals surface area (Å²) in [7, 11) is 0. The topological polar surface area (TPSA) is 84.2 Å². The van der Waals surface area contributed by atoms with Gasteiger partial charge in [0.2, 0.25) is 17.6 Å². The summed E-state index contributed by atoms with van der Waals surface area (Å²) >= 11 is 5.90. The van der Waals surface area contributed by atoms with Gasteiger partial charge in [0.1, 0.15) is 5.82 Å². The highest BCUT2D eigenvalue weighted by molar-refractivity contribution is 6.30. The number of pyridine rings is 1. The lowest BCUT2D eigenvalue weighted by atomic mass is 9.95. The molecule has 8 heteroatoms. The van der Waals surface area contributed by atoms with Crippen LogP contribution in [-0.4, -0.2) is 34.1 Å². The molecule has 0 saturated carbocycles. The van der Waals surface area contributed by atoms with Crippen molar-refractivity contribution < 1.29 is 9.32 Å². The van der Waals surface area contributed by atoms with Crippen LogP contribution in [0, 0.1) is 12.8 Å². The highest BCUT2D eigenvalue weighted by Gasteiger charge is 2.27. The number of carbonyl (C=O) groups is 1. The van der Waals surface area contributed by atoms with Crippen LogP contribution in [0.1, 0.15) is 24.3 Å². The van der Waals surface area contributed by atoms with Crippen molar-refractivity contribution in [1.29, 1.82) is 0 Å². The number of nitrogens with zero attached hydrogens (tertiary/aromatic N) is 4. The Labute approximate surface area is 174 Å². The van der Waals surface area contributed by atoms with E-state index in [1.54, 1.807) is 13.1 Å². The average Bonchev–Trinajstić information content (AvgIpc) is 3.19. The Bertz CT molecular complexity index is 981. The van der Waals surface area contributed by atoms with Crippen molar-refractivity contribution in [3.8, 4) is 11.4 Å². The number of aromatic nitrogens is 3. The lowest BCUT2D eigenvalue weighted by molar-refractivity contribution is -0.125. The smallest absolute Gasteiger partial charge is 0.223 e. The number of benzene rings is 1. The summed E-state index contributed by atoms with van der Waals surface area (Å²) in [6, 6.07) is 11.3. The third-order valence-corrected chi connectivity index (χ3v) is 5.35. The minimum Gasteiger partial charge on any atom is -0.356 e. The van der Waals surface area contributed by atoms with Crippen molar-refractivity contribution in [1.82, 2.24) is 20.4 Å². The van der Waals surface area contributed by atoms with E-state index < -0.39 is 0 Å². The summed E-state index contributed by atoms with van der Waals surface area (Å²) in [6.07, 6.45) is 3.30. The van der Waals surface area contributed by atoms with Gasteiger partial charge in [-0.2, -0.15) is 4.98 Å². The molecule has 2 aromatic heterocycles. The maximum Gasteiger partial charge on any atom is 0.223 e. The van der Waals surface area contributed by atoms with E-state index in [9.17, 15) is 4.79 Å². The van der Waals surface area contributed by atoms with Crippen LogP contribution in [-0.2, 0) is 11.3 Å². The molecule has 0 atom stereocenters. The first-order valence-electron chi connectivity index (χ1n) is 9.63. The SMILES string of the molecule is Cc1nc(-c2cccnc2N2CCC(C(=O)NCc3ccc(Cl)cc3)CC2)no1. The Balaban J connectivity index is 1.36. The summed E-state index contributed by atoms with van der Waals surface area (Å²) in [5.41, 5.74) is 1.88. The molecular weight excluding hydrogens is 390 g/mol. The number of nitrogens with one attached hydrogen (secondary N) is 1. The predicted molar refractivity (Wildman–Crippen MR) is 111 cm³/mol. The zero-order valence-electron chi connectivity index (χ0n) is 16.1. The van der Waals surface area contributed by atoms with Crippen LogP contribution >= 0.6 is 11.6 Å².